The minimum atomic E-state index is 0.216. The third kappa shape index (κ3) is 3.86. The van der Waals surface area contributed by atoms with Gasteiger partial charge in [-0.05, 0) is 31.6 Å². The molecule has 0 bridgehead atoms. The van der Waals surface area contributed by atoms with Gasteiger partial charge in [-0.25, -0.2) is 0 Å². The zero-order valence-corrected chi connectivity index (χ0v) is 9.48. The average Bonchev–Trinajstić information content (AvgIpc) is 2.08. The van der Waals surface area contributed by atoms with Crippen molar-refractivity contribution in [1.29, 1.82) is 0 Å². The normalized spacial score (nSPS) is 15.6. The highest BCUT2D eigenvalue weighted by molar-refractivity contribution is 8.04. The third-order valence-electron chi connectivity index (χ3n) is 1.37. The van der Waals surface area contributed by atoms with Crippen LogP contribution < -0.4 is 0 Å². The van der Waals surface area contributed by atoms with Crippen molar-refractivity contribution in [3.63, 3.8) is 0 Å². The maximum atomic E-state index is 2.20. The predicted molar refractivity (Wildman–Crippen MR) is 58.8 cm³/mol. The molecule has 1 aliphatic rings. The second-order valence-electron chi connectivity index (χ2n) is 3.28. The van der Waals surface area contributed by atoms with E-state index < -0.39 is 0 Å². The molecule has 0 saturated heterocycles. The minimum absolute atomic E-state index is 0.216. The van der Waals surface area contributed by atoms with E-state index in [0.717, 1.165) is 0 Å². The Kier molecular flexibility index (Phi) is 5.14. The van der Waals surface area contributed by atoms with Crippen LogP contribution in [0.4, 0.5) is 0 Å². The summed E-state index contributed by atoms with van der Waals surface area (Å²) in [7, 11) is 0. The van der Waals surface area contributed by atoms with Gasteiger partial charge in [0, 0.05) is 17.9 Å². The van der Waals surface area contributed by atoms with Crippen LogP contribution in [0, 0.1) is 0 Å². The zero-order valence-electron chi connectivity index (χ0n) is 8.66. The Morgan fingerprint density at radius 3 is 1.67 bits per heavy atom. The molecule has 1 aliphatic heterocycles. The van der Waals surface area contributed by atoms with Crippen LogP contribution in [0.15, 0.2) is 23.2 Å². The van der Waals surface area contributed by atoms with Gasteiger partial charge in [0.15, 0.2) is 0 Å². The number of thioether (sulfide) groups is 1. The highest BCUT2D eigenvalue weighted by Gasteiger charge is 2.15. The summed E-state index contributed by atoms with van der Waals surface area (Å²) < 4.78 is 0. The van der Waals surface area contributed by atoms with Crippen LogP contribution in [0.2, 0.25) is 0 Å². The van der Waals surface area contributed by atoms with E-state index in [4.69, 9.17) is 0 Å². The molecule has 0 fully saturated rings. The summed E-state index contributed by atoms with van der Waals surface area (Å²) in [5, 5.41) is 4.18. The van der Waals surface area contributed by atoms with Gasteiger partial charge in [-0.2, -0.15) is 0 Å². The molecule has 1 heterocycles. The lowest BCUT2D eigenvalue weighted by Crippen LogP contribution is -2.33. The molecule has 12 heavy (non-hydrogen) atoms. The van der Waals surface area contributed by atoms with Crippen molar-refractivity contribution in [2.75, 3.05) is 0 Å². The van der Waals surface area contributed by atoms with Gasteiger partial charge in [-0.3, -0.25) is 0 Å². The Morgan fingerprint density at radius 2 is 1.42 bits per heavy atom. The van der Waals surface area contributed by atoms with Crippen molar-refractivity contribution < 1.29 is 0 Å². The van der Waals surface area contributed by atoms with Crippen LogP contribution in [0.3, 0.4) is 0 Å². The minimum Gasteiger partial charge on any atom is -0.348 e. The molecule has 0 saturated carbocycles. The fourth-order valence-electron chi connectivity index (χ4n) is 0.744. The molecule has 0 unspecified atom stereocenters. The first-order valence-electron chi connectivity index (χ1n) is 4.38. The number of hydrogen-bond donors (Lipinski definition) is 0. The number of rotatable bonds is 0. The van der Waals surface area contributed by atoms with Gasteiger partial charge in [-0.15, -0.1) is 11.8 Å². The Bertz CT molecular complexity index is 153. The van der Waals surface area contributed by atoms with Crippen LogP contribution in [-0.2, 0) is 0 Å². The van der Waals surface area contributed by atoms with E-state index in [0.29, 0.717) is 0 Å². The van der Waals surface area contributed by atoms with E-state index in [-0.39, 0.29) is 5.54 Å². The topological polar surface area (TPSA) is 3.24 Å². The molecule has 0 N–H and O–H groups in total. The van der Waals surface area contributed by atoms with Gasteiger partial charge >= 0.3 is 0 Å². The fourth-order valence-corrected chi connectivity index (χ4v) is 1.24. The highest BCUT2D eigenvalue weighted by Crippen LogP contribution is 2.20. The second-order valence-corrected chi connectivity index (χ2v) is 4.10. The van der Waals surface area contributed by atoms with Crippen LogP contribution >= 0.6 is 11.8 Å². The SMILES string of the molecule is CC.CC(C)(C)N1C=CSC=C1. The molecule has 1 rings (SSSR count). The van der Waals surface area contributed by atoms with Crippen molar-refractivity contribution in [2.24, 2.45) is 0 Å². The van der Waals surface area contributed by atoms with Gasteiger partial charge in [0.25, 0.3) is 0 Å². The summed E-state index contributed by atoms with van der Waals surface area (Å²) in [6.07, 6.45) is 4.20. The molecule has 0 amide bonds. The molecule has 1 nitrogen and oxygen atoms in total. The molecule has 0 spiro atoms. The van der Waals surface area contributed by atoms with Crippen molar-refractivity contribution in [3.05, 3.63) is 23.2 Å². The molecule has 0 aromatic carbocycles. The summed E-state index contributed by atoms with van der Waals surface area (Å²) in [6, 6.07) is 0. The van der Waals surface area contributed by atoms with Gasteiger partial charge in [0.2, 0.25) is 0 Å². The van der Waals surface area contributed by atoms with E-state index in [1.54, 1.807) is 11.8 Å². The molecule has 0 aromatic rings. The van der Waals surface area contributed by atoms with Crippen molar-refractivity contribution >= 4 is 11.8 Å². The highest BCUT2D eigenvalue weighted by atomic mass is 32.2. The molecule has 2 heteroatoms. The first-order chi connectivity index (χ1) is 5.61. The van der Waals surface area contributed by atoms with E-state index in [1.165, 1.54) is 0 Å². The van der Waals surface area contributed by atoms with Crippen LogP contribution in [0.1, 0.15) is 34.6 Å². The predicted octanol–water partition coefficient (Wildman–Crippen LogP) is 3.80. The zero-order chi connectivity index (χ0) is 9.61. The van der Waals surface area contributed by atoms with Gasteiger partial charge in [0.05, 0.1) is 0 Å². The number of nitrogens with zero attached hydrogens (tertiary/aromatic N) is 1. The summed E-state index contributed by atoms with van der Waals surface area (Å²) in [6.45, 7) is 10.6. The smallest absolute Gasteiger partial charge is 0.0356 e. The Labute approximate surface area is 80.5 Å². The molecule has 0 aliphatic carbocycles. The molecular weight excluding hydrogens is 166 g/mol. The lowest BCUT2D eigenvalue weighted by Gasteiger charge is -2.32. The van der Waals surface area contributed by atoms with Crippen LogP contribution in [0.25, 0.3) is 0 Å². The van der Waals surface area contributed by atoms with Gasteiger partial charge in [-0.1, -0.05) is 13.8 Å². The summed E-state index contributed by atoms with van der Waals surface area (Å²) >= 11 is 1.71. The van der Waals surface area contributed by atoms with Crippen LogP contribution in [-0.4, -0.2) is 10.4 Å². The Morgan fingerprint density at radius 1 is 1.00 bits per heavy atom. The summed E-state index contributed by atoms with van der Waals surface area (Å²) in [4.78, 5) is 2.20. The standard InChI is InChI=1S/C8H13NS.C2H6/c1-8(2,3)9-4-6-10-7-5-9;1-2/h4-7H,1-3H3;1-2H3. The largest absolute Gasteiger partial charge is 0.348 e. The van der Waals surface area contributed by atoms with Crippen molar-refractivity contribution in [2.45, 2.75) is 40.2 Å². The molecule has 0 aromatic heterocycles. The van der Waals surface area contributed by atoms with Crippen molar-refractivity contribution in [1.82, 2.24) is 4.90 Å². The molecule has 0 radical (unpaired) electrons. The van der Waals surface area contributed by atoms with Crippen LogP contribution in [0.5, 0.6) is 0 Å². The maximum absolute atomic E-state index is 2.20. The van der Waals surface area contributed by atoms with E-state index in [9.17, 15) is 0 Å². The lowest BCUT2D eigenvalue weighted by molar-refractivity contribution is 0.281. The van der Waals surface area contributed by atoms with E-state index >= 15 is 0 Å². The molecule has 70 valence electrons. The molecular formula is C10H19NS. The lowest BCUT2D eigenvalue weighted by atomic mass is 10.1. The maximum Gasteiger partial charge on any atom is 0.0356 e. The van der Waals surface area contributed by atoms with Gasteiger partial charge < -0.3 is 4.90 Å². The van der Waals surface area contributed by atoms with Gasteiger partial charge in [0.1, 0.15) is 0 Å². The molecule has 0 atom stereocenters. The second kappa shape index (κ2) is 5.31. The number of hydrogen-bond acceptors (Lipinski definition) is 2. The summed E-state index contributed by atoms with van der Waals surface area (Å²) in [5.41, 5.74) is 0.216. The first kappa shape index (κ1) is 11.6. The first-order valence-corrected chi connectivity index (χ1v) is 5.32. The van der Waals surface area contributed by atoms with E-state index in [1.807, 2.05) is 13.8 Å². The monoisotopic (exact) mass is 185 g/mol. The summed E-state index contributed by atoms with van der Waals surface area (Å²) in [5.74, 6) is 0. The van der Waals surface area contributed by atoms with Crippen molar-refractivity contribution in [3.8, 4) is 0 Å². The third-order valence-corrected chi connectivity index (χ3v) is 1.93. The average molecular weight is 185 g/mol. The van der Waals surface area contributed by atoms with E-state index in [2.05, 4.69) is 48.9 Å². The quantitative estimate of drug-likeness (QED) is 0.564. The Hall–Kier alpha value is -0.370. The Balaban J connectivity index is 0.000000561. The fraction of sp³-hybridized carbons (Fsp3) is 0.600.